The number of anilines is 1. The largest absolute Gasteiger partial charge is 0.378 e. The van der Waals surface area contributed by atoms with Crippen LogP contribution in [0.15, 0.2) is 42.5 Å². The Bertz CT molecular complexity index is 1470. The fourth-order valence-corrected chi connectivity index (χ4v) is 5.75. The van der Waals surface area contributed by atoms with E-state index in [0.29, 0.717) is 44.7 Å². The molecule has 46 heavy (non-hydrogen) atoms. The number of ether oxygens (including phenoxy) is 1. The van der Waals surface area contributed by atoms with Gasteiger partial charge in [0.15, 0.2) is 0 Å². The maximum absolute atomic E-state index is 15.3. The number of halogens is 3. The number of benzene rings is 2. The molecular weight excluding hydrogens is 603 g/mol. The smallest absolute Gasteiger partial charge is 0.349 e. The minimum Gasteiger partial charge on any atom is -0.378 e. The van der Waals surface area contributed by atoms with Crippen LogP contribution in [-0.4, -0.2) is 66.9 Å². The Morgan fingerprint density at radius 1 is 1.04 bits per heavy atom. The molecule has 1 saturated carbocycles. The van der Waals surface area contributed by atoms with Crippen LogP contribution in [0.4, 0.5) is 18.9 Å². The molecule has 1 saturated heterocycles. The van der Waals surface area contributed by atoms with Gasteiger partial charge in [0.1, 0.15) is 17.9 Å². The molecule has 0 bridgehead atoms. The molecule has 4 amide bonds. The first-order valence-corrected chi connectivity index (χ1v) is 15.5. The topological polar surface area (TPSA) is 141 Å². The van der Waals surface area contributed by atoms with Crippen molar-refractivity contribution >= 4 is 29.3 Å². The summed E-state index contributed by atoms with van der Waals surface area (Å²) < 4.78 is 51.0. The van der Waals surface area contributed by atoms with Crippen LogP contribution in [0.1, 0.15) is 62.1 Å². The Morgan fingerprint density at radius 3 is 2.41 bits per heavy atom. The number of morpholine rings is 1. The highest BCUT2D eigenvalue weighted by Crippen LogP contribution is 2.32. The molecule has 2 aromatic carbocycles. The summed E-state index contributed by atoms with van der Waals surface area (Å²) in [6, 6.07) is 7.91. The lowest BCUT2D eigenvalue weighted by Gasteiger charge is -2.31. The zero-order chi connectivity index (χ0) is 33.3. The molecule has 4 rings (SSSR count). The lowest BCUT2D eigenvalue weighted by molar-refractivity contribution is -0.149. The van der Waals surface area contributed by atoms with Gasteiger partial charge >= 0.3 is 5.92 Å². The minimum absolute atomic E-state index is 0.00405. The van der Waals surface area contributed by atoms with Crippen molar-refractivity contribution in [3.63, 3.8) is 0 Å². The predicted molar refractivity (Wildman–Crippen MR) is 162 cm³/mol. The van der Waals surface area contributed by atoms with Crippen molar-refractivity contribution in [1.29, 1.82) is 5.26 Å². The molecule has 2 aliphatic rings. The first-order chi connectivity index (χ1) is 22.0. The molecule has 0 aromatic heterocycles. The Balaban J connectivity index is 1.50. The van der Waals surface area contributed by atoms with E-state index >= 15 is 13.2 Å². The molecule has 1 aliphatic carbocycles. The molecule has 1 aliphatic heterocycles. The van der Waals surface area contributed by atoms with Crippen molar-refractivity contribution in [2.75, 3.05) is 31.6 Å². The summed E-state index contributed by atoms with van der Waals surface area (Å²) in [6.45, 7) is 3.13. The number of hydrogen-bond acceptors (Lipinski definition) is 6. The lowest BCUT2D eigenvalue weighted by Crippen LogP contribution is -2.53. The summed E-state index contributed by atoms with van der Waals surface area (Å²) in [7, 11) is 0. The number of nitrogens with zero attached hydrogens (tertiary/aromatic N) is 2. The van der Waals surface area contributed by atoms with Crippen LogP contribution in [0, 0.1) is 23.1 Å². The van der Waals surface area contributed by atoms with E-state index in [0.717, 1.165) is 37.5 Å². The van der Waals surface area contributed by atoms with Gasteiger partial charge in [0.2, 0.25) is 17.7 Å². The summed E-state index contributed by atoms with van der Waals surface area (Å²) in [5.74, 6) is -8.51. The van der Waals surface area contributed by atoms with E-state index in [1.807, 2.05) is 0 Å². The van der Waals surface area contributed by atoms with Gasteiger partial charge in [0, 0.05) is 31.5 Å². The summed E-state index contributed by atoms with van der Waals surface area (Å²) in [5.41, 5.74) is -0.579. The van der Waals surface area contributed by atoms with Gasteiger partial charge in [0.05, 0.1) is 30.5 Å². The summed E-state index contributed by atoms with van der Waals surface area (Å²) in [4.78, 5) is 53.3. The molecule has 1 heterocycles. The van der Waals surface area contributed by atoms with Gasteiger partial charge < -0.3 is 25.6 Å². The van der Waals surface area contributed by atoms with Crippen molar-refractivity contribution in [1.82, 2.24) is 15.5 Å². The van der Waals surface area contributed by atoms with Crippen LogP contribution in [0.25, 0.3) is 0 Å². The van der Waals surface area contributed by atoms with E-state index in [2.05, 4.69) is 16.0 Å². The molecule has 2 fully saturated rings. The Labute approximate surface area is 265 Å². The molecule has 0 unspecified atom stereocenters. The molecule has 3 N–H and O–H groups in total. The first-order valence-electron chi connectivity index (χ1n) is 15.5. The summed E-state index contributed by atoms with van der Waals surface area (Å²) in [6.07, 6.45) is 3.56. The highest BCUT2D eigenvalue weighted by atomic mass is 19.3. The van der Waals surface area contributed by atoms with Crippen molar-refractivity contribution in [2.45, 2.75) is 69.9 Å². The highest BCUT2D eigenvalue weighted by Gasteiger charge is 2.44. The van der Waals surface area contributed by atoms with Gasteiger partial charge in [-0.1, -0.05) is 44.4 Å². The van der Waals surface area contributed by atoms with E-state index in [1.165, 1.54) is 24.3 Å². The molecule has 10 nitrogen and oxygen atoms in total. The maximum Gasteiger partial charge on any atom is 0.349 e. The number of alkyl halides is 2. The standard InChI is InChI=1S/C33H38F3N5O5/c1-2-28(42)38-27(31(44)41-13-15-46-16-14-41)19-21-11-12-26(25(34)18-21)39-30(43)29(23-8-4-3-5-9-23)40-32(45)33(35,36)24-10-6-7-22(17-24)20-37/h6-7,10-12,17-18,23,27,29H,2-5,8-9,13-16,19H2,1H3,(H,38,42)(H,39,43)(H,40,45)/t27-,29+/m1/s1. The van der Waals surface area contributed by atoms with Crippen LogP contribution in [0.5, 0.6) is 0 Å². The van der Waals surface area contributed by atoms with Crippen molar-refractivity contribution in [3.05, 3.63) is 65.0 Å². The monoisotopic (exact) mass is 641 g/mol. The second-order valence-electron chi connectivity index (χ2n) is 11.5. The molecule has 246 valence electrons. The Morgan fingerprint density at radius 2 is 1.76 bits per heavy atom. The molecule has 13 heteroatoms. The number of nitrogens with one attached hydrogen (secondary N) is 3. The third-order valence-corrected chi connectivity index (χ3v) is 8.34. The van der Waals surface area contributed by atoms with E-state index in [1.54, 1.807) is 17.9 Å². The quantitative estimate of drug-likeness (QED) is 0.341. The predicted octanol–water partition coefficient (Wildman–Crippen LogP) is 3.79. The zero-order valence-corrected chi connectivity index (χ0v) is 25.6. The average Bonchev–Trinajstić information content (AvgIpc) is 3.08. The van der Waals surface area contributed by atoms with Crippen molar-refractivity contribution in [2.24, 2.45) is 5.92 Å². The van der Waals surface area contributed by atoms with Crippen LogP contribution < -0.4 is 16.0 Å². The SMILES string of the molecule is CCC(=O)N[C@H](Cc1ccc(NC(=O)[C@@H](NC(=O)C(F)(F)c2cccc(C#N)c2)C2CCCCC2)c(F)c1)C(=O)N1CCOCC1. The van der Waals surface area contributed by atoms with Gasteiger partial charge in [-0.05, 0) is 48.6 Å². The van der Waals surface area contributed by atoms with Crippen molar-refractivity contribution < 1.29 is 37.1 Å². The highest BCUT2D eigenvalue weighted by molar-refractivity contribution is 5.98. The number of rotatable bonds is 11. The summed E-state index contributed by atoms with van der Waals surface area (Å²) >= 11 is 0. The zero-order valence-electron chi connectivity index (χ0n) is 25.6. The fraction of sp³-hybridized carbons (Fsp3) is 0.485. The second-order valence-corrected chi connectivity index (χ2v) is 11.5. The van der Waals surface area contributed by atoms with E-state index < -0.39 is 47.1 Å². The number of nitriles is 1. The number of hydrogen-bond donors (Lipinski definition) is 3. The van der Waals surface area contributed by atoms with Gasteiger partial charge in [-0.15, -0.1) is 0 Å². The van der Waals surface area contributed by atoms with E-state index in [9.17, 15) is 19.2 Å². The molecule has 2 aromatic rings. The fourth-order valence-electron chi connectivity index (χ4n) is 5.75. The Kier molecular flexibility index (Phi) is 11.8. The molecule has 0 radical (unpaired) electrons. The molecular formula is C33H38F3N5O5. The van der Waals surface area contributed by atoms with Crippen molar-refractivity contribution in [3.8, 4) is 6.07 Å². The number of carbonyl (C=O) groups excluding carboxylic acids is 4. The first kappa shape index (κ1) is 34.4. The summed E-state index contributed by atoms with van der Waals surface area (Å²) in [5, 5.41) is 16.4. The minimum atomic E-state index is -4.03. The van der Waals surface area contributed by atoms with E-state index in [4.69, 9.17) is 10.00 Å². The lowest BCUT2D eigenvalue weighted by atomic mass is 9.83. The molecule has 2 atom stereocenters. The Hall–Kier alpha value is -4.44. The van der Waals surface area contributed by atoms with Crippen LogP contribution in [0.3, 0.4) is 0 Å². The number of amides is 4. The third-order valence-electron chi connectivity index (χ3n) is 8.34. The van der Waals surface area contributed by atoms with Gasteiger partial charge in [-0.3, -0.25) is 19.2 Å². The average molecular weight is 642 g/mol. The maximum atomic E-state index is 15.3. The molecule has 0 spiro atoms. The van der Waals surface area contributed by atoms with Gasteiger partial charge in [0.25, 0.3) is 5.91 Å². The van der Waals surface area contributed by atoms with Crippen LogP contribution >= 0.6 is 0 Å². The van der Waals surface area contributed by atoms with Gasteiger partial charge in [-0.25, -0.2) is 4.39 Å². The van der Waals surface area contributed by atoms with Gasteiger partial charge in [-0.2, -0.15) is 14.0 Å². The number of carbonyl (C=O) groups is 4. The van der Waals surface area contributed by atoms with E-state index in [-0.39, 0.29) is 35.9 Å². The normalized spacial score (nSPS) is 16.9. The van der Waals surface area contributed by atoms with Crippen LogP contribution in [-0.2, 0) is 36.3 Å². The second kappa shape index (κ2) is 15.7. The third kappa shape index (κ3) is 8.63. The van der Waals surface area contributed by atoms with Crippen LogP contribution in [0.2, 0.25) is 0 Å².